The molecular formula is C22H36N5O10P. The highest BCUT2D eigenvalue weighted by molar-refractivity contribution is 7.47. The monoisotopic (exact) mass is 561 g/mol. The molecule has 2 aromatic heterocycles. The number of aliphatic hydroxyl groups is 2. The van der Waals surface area contributed by atoms with E-state index in [4.69, 9.17) is 15.0 Å². The van der Waals surface area contributed by atoms with Gasteiger partial charge in [-0.3, -0.25) is 14.0 Å². The maximum absolute atomic E-state index is 12.0. The van der Waals surface area contributed by atoms with Gasteiger partial charge in [-0.2, -0.15) is 0 Å². The first-order chi connectivity index (χ1) is 18.2. The van der Waals surface area contributed by atoms with Gasteiger partial charge in [-0.15, -0.1) is 0 Å². The minimum absolute atomic E-state index is 0.0661. The van der Waals surface area contributed by atoms with Gasteiger partial charge >= 0.3 is 13.8 Å². The van der Waals surface area contributed by atoms with Gasteiger partial charge in [0.25, 0.3) is 0 Å². The zero-order valence-electron chi connectivity index (χ0n) is 21.3. The Balaban J connectivity index is 1.34. The van der Waals surface area contributed by atoms with Gasteiger partial charge in [0.05, 0.1) is 12.9 Å². The van der Waals surface area contributed by atoms with Crippen LogP contribution in [0.15, 0.2) is 12.7 Å². The Bertz CT molecular complexity index is 1070. The van der Waals surface area contributed by atoms with Crippen LogP contribution in [-0.4, -0.2) is 65.5 Å². The van der Waals surface area contributed by atoms with Crippen LogP contribution in [0.5, 0.6) is 0 Å². The summed E-state index contributed by atoms with van der Waals surface area (Å²) < 4.78 is 27.9. The second kappa shape index (κ2) is 14.8. The van der Waals surface area contributed by atoms with Crippen molar-refractivity contribution < 1.29 is 48.3 Å². The van der Waals surface area contributed by atoms with Crippen molar-refractivity contribution >= 4 is 30.8 Å². The zero-order valence-corrected chi connectivity index (χ0v) is 22.1. The lowest BCUT2D eigenvalue weighted by molar-refractivity contribution is -0.444. The maximum atomic E-state index is 12.0. The second-order valence-corrected chi connectivity index (χ2v) is 10.4. The van der Waals surface area contributed by atoms with E-state index in [2.05, 4.69) is 36.5 Å². The Hall–Kier alpha value is -2.23. The van der Waals surface area contributed by atoms with Gasteiger partial charge in [0.1, 0.15) is 30.2 Å². The SMILES string of the molecule is CCCCCCCCCCCC(=O)OOO[P@@](=O)(O)OC[C@H]1O[C@@H](n2cnc3c(N)ncnc32)[C@H](O)[C@@H]1O. The molecule has 5 N–H and O–H groups in total. The van der Waals surface area contributed by atoms with Crippen molar-refractivity contribution in [3.8, 4) is 0 Å². The molecule has 1 aliphatic rings. The summed E-state index contributed by atoms with van der Waals surface area (Å²) >= 11 is 0. The molecule has 0 spiro atoms. The van der Waals surface area contributed by atoms with E-state index in [1.54, 1.807) is 0 Å². The minimum Gasteiger partial charge on any atom is -0.387 e. The molecule has 0 unspecified atom stereocenters. The van der Waals surface area contributed by atoms with E-state index in [1.807, 2.05) is 0 Å². The van der Waals surface area contributed by atoms with Gasteiger partial charge in [-0.25, -0.2) is 24.3 Å². The predicted octanol–water partition coefficient (Wildman–Crippen LogP) is 2.47. The van der Waals surface area contributed by atoms with Crippen LogP contribution in [0.1, 0.15) is 77.4 Å². The summed E-state index contributed by atoms with van der Waals surface area (Å²) in [5, 5.41) is 24.9. The fraction of sp³-hybridized carbons (Fsp3) is 0.727. The average Bonchev–Trinajstić information content (AvgIpc) is 3.43. The van der Waals surface area contributed by atoms with Crippen LogP contribution in [0.3, 0.4) is 0 Å². The molecule has 16 heteroatoms. The molecule has 214 valence electrons. The van der Waals surface area contributed by atoms with Crippen molar-refractivity contribution in [1.82, 2.24) is 19.5 Å². The molecule has 0 aliphatic carbocycles. The number of nitrogens with two attached hydrogens (primary N) is 1. The molecule has 3 rings (SSSR count). The summed E-state index contributed by atoms with van der Waals surface area (Å²) in [5.41, 5.74) is 6.28. The first-order valence-electron chi connectivity index (χ1n) is 12.7. The topological polar surface area (TPSA) is 211 Å². The number of hydrogen-bond acceptors (Lipinski definition) is 13. The number of ether oxygens (including phenoxy) is 1. The summed E-state index contributed by atoms with van der Waals surface area (Å²) in [5.74, 6) is -0.639. The lowest BCUT2D eigenvalue weighted by atomic mass is 10.1. The fourth-order valence-corrected chi connectivity index (χ4v) is 4.54. The number of carbonyl (C=O) groups is 1. The second-order valence-electron chi connectivity index (χ2n) is 9.07. The van der Waals surface area contributed by atoms with E-state index >= 15 is 0 Å². The van der Waals surface area contributed by atoms with Crippen LogP contribution in [0.4, 0.5) is 5.82 Å². The number of aromatic nitrogens is 4. The van der Waals surface area contributed by atoms with E-state index in [9.17, 15) is 24.5 Å². The number of imidazole rings is 1. The number of phosphoric acid groups is 1. The van der Waals surface area contributed by atoms with E-state index in [0.717, 1.165) is 19.3 Å². The highest BCUT2D eigenvalue weighted by atomic mass is 31.2. The first-order valence-corrected chi connectivity index (χ1v) is 14.2. The summed E-state index contributed by atoms with van der Waals surface area (Å²) in [6, 6.07) is 0. The number of anilines is 1. The maximum Gasteiger partial charge on any atom is 0.502 e. The first kappa shape index (κ1) is 30.3. The molecular weight excluding hydrogens is 525 g/mol. The Labute approximate surface area is 219 Å². The van der Waals surface area contributed by atoms with Crippen molar-refractivity contribution in [3.63, 3.8) is 0 Å². The van der Waals surface area contributed by atoms with Crippen molar-refractivity contribution in [3.05, 3.63) is 12.7 Å². The number of carbonyl (C=O) groups excluding carboxylic acids is 1. The number of rotatable bonds is 17. The van der Waals surface area contributed by atoms with Crippen LogP contribution in [-0.2, 0) is 33.2 Å². The molecule has 0 bridgehead atoms. The van der Waals surface area contributed by atoms with Crippen LogP contribution in [0, 0.1) is 0 Å². The number of aliphatic hydroxyl groups excluding tert-OH is 2. The molecule has 5 atom stereocenters. The van der Waals surface area contributed by atoms with Crippen LogP contribution in [0.2, 0.25) is 0 Å². The summed E-state index contributed by atoms with van der Waals surface area (Å²) in [7, 11) is -4.85. The van der Waals surface area contributed by atoms with Gasteiger partial charge in [-0.1, -0.05) is 63.0 Å². The smallest absolute Gasteiger partial charge is 0.387 e. The largest absolute Gasteiger partial charge is 0.502 e. The predicted molar refractivity (Wildman–Crippen MR) is 132 cm³/mol. The Morgan fingerprint density at radius 3 is 2.47 bits per heavy atom. The van der Waals surface area contributed by atoms with Gasteiger partial charge in [-0.05, 0) is 11.5 Å². The lowest BCUT2D eigenvalue weighted by Crippen LogP contribution is -2.33. The molecule has 0 aromatic carbocycles. The number of hydrogen-bond donors (Lipinski definition) is 4. The molecule has 0 amide bonds. The fourth-order valence-electron chi connectivity index (χ4n) is 4.06. The average molecular weight is 562 g/mol. The lowest BCUT2D eigenvalue weighted by Gasteiger charge is -2.16. The van der Waals surface area contributed by atoms with E-state index in [0.29, 0.717) is 6.42 Å². The Kier molecular flexibility index (Phi) is 11.8. The number of phosphoric ester groups is 1. The summed E-state index contributed by atoms with van der Waals surface area (Å²) in [6.45, 7) is 1.51. The van der Waals surface area contributed by atoms with Gasteiger partial charge in [0, 0.05) is 6.42 Å². The quantitative estimate of drug-likeness (QED) is 0.0946. The van der Waals surface area contributed by atoms with E-state index < -0.39 is 44.9 Å². The minimum atomic E-state index is -4.85. The molecule has 3 heterocycles. The normalized spacial score (nSPS) is 23.1. The van der Waals surface area contributed by atoms with Crippen molar-refractivity contribution in [2.24, 2.45) is 0 Å². The number of nitrogen functional groups attached to an aromatic ring is 1. The third kappa shape index (κ3) is 8.64. The molecule has 15 nitrogen and oxygen atoms in total. The number of fused-ring (bicyclic) bond motifs is 1. The third-order valence-corrected chi connectivity index (χ3v) is 6.86. The molecule has 0 saturated carbocycles. The van der Waals surface area contributed by atoms with Crippen molar-refractivity contribution in [1.29, 1.82) is 0 Å². The molecule has 38 heavy (non-hydrogen) atoms. The van der Waals surface area contributed by atoms with Gasteiger partial charge in [0.2, 0.25) is 0 Å². The Morgan fingerprint density at radius 1 is 1.08 bits per heavy atom. The van der Waals surface area contributed by atoms with Gasteiger partial charge in [0.15, 0.2) is 17.7 Å². The number of unbranched alkanes of at least 4 members (excludes halogenated alkanes) is 8. The van der Waals surface area contributed by atoms with Crippen molar-refractivity contribution in [2.45, 2.75) is 95.7 Å². The molecule has 0 radical (unpaired) electrons. The Morgan fingerprint density at radius 2 is 1.76 bits per heavy atom. The van der Waals surface area contributed by atoms with Crippen LogP contribution in [0.25, 0.3) is 11.2 Å². The summed E-state index contributed by atoms with van der Waals surface area (Å²) in [4.78, 5) is 37.8. The third-order valence-electron chi connectivity index (χ3n) is 6.14. The zero-order chi connectivity index (χ0) is 27.5. The van der Waals surface area contributed by atoms with Gasteiger partial charge < -0.3 is 25.6 Å². The molecule has 1 saturated heterocycles. The van der Waals surface area contributed by atoms with E-state index in [1.165, 1.54) is 49.3 Å². The van der Waals surface area contributed by atoms with Crippen molar-refractivity contribution in [2.75, 3.05) is 12.3 Å². The molecule has 2 aromatic rings. The van der Waals surface area contributed by atoms with Crippen LogP contribution >= 0.6 is 7.82 Å². The standard InChI is InChI=1S/C22H36N5O10P/c1-2-3-4-5-6-7-8-9-10-11-16(28)35-36-37-38(31,32)33-12-15-18(29)19(30)22(34-15)27-14-26-17-20(23)24-13-25-21(17)27/h13-15,18-19,22,29-30H,2-12H2,1H3,(H,31,32)(H2,23,24,25)/t15-,18-,19-,22-/m1/s1. The molecule has 1 aliphatic heterocycles. The highest BCUT2D eigenvalue weighted by Gasteiger charge is 2.45. The number of nitrogens with zero attached hydrogens (tertiary/aromatic N) is 4. The van der Waals surface area contributed by atoms with E-state index in [-0.39, 0.29) is 23.4 Å². The highest BCUT2D eigenvalue weighted by Crippen LogP contribution is 2.44. The molecule has 1 fully saturated rings. The summed E-state index contributed by atoms with van der Waals surface area (Å²) in [6.07, 6.45) is 6.97. The van der Waals surface area contributed by atoms with Crippen LogP contribution < -0.4 is 5.73 Å².